The van der Waals surface area contributed by atoms with Crippen LogP contribution in [-0.4, -0.2) is 83.0 Å². The summed E-state index contributed by atoms with van der Waals surface area (Å²) in [6.45, 7) is 4.05. The standard InChI is InChI=1S/C27H31N3O11S/c1-14(31)37-13-21-22(38-15(2)32)23(39-16(3)33)24(40-17(4)34)26(41-21)30-25(35)20(28-29-27(30)42-6)12-9-18-7-10-19(36-5)11-8-18/h7-12,21-24,26H,13H2,1-6H3/b12-9+/t21-,22-,23+,24-,26-/m1/s1. The quantitative estimate of drug-likeness (QED) is 0.218. The molecule has 1 aromatic carbocycles. The molecular formula is C27H31N3O11S. The largest absolute Gasteiger partial charge is 0.497 e. The van der Waals surface area contributed by atoms with Gasteiger partial charge in [0.25, 0.3) is 5.56 Å². The van der Waals surface area contributed by atoms with Crippen molar-refractivity contribution in [1.29, 1.82) is 0 Å². The van der Waals surface area contributed by atoms with E-state index < -0.39 is 66.7 Å². The zero-order chi connectivity index (χ0) is 31.0. The van der Waals surface area contributed by atoms with Crippen molar-refractivity contribution in [3.05, 3.63) is 45.9 Å². The molecule has 1 aliphatic rings. The molecule has 0 bridgehead atoms. The van der Waals surface area contributed by atoms with Crippen LogP contribution >= 0.6 is 11.8 Å². The average molecular weight is 606 g/mol. The second-order valence-electron chi connectivity index (χ2n) is 8.94. The van der Waals surface area contributed by atoms with Crippen molar-refractivity contribution in [3.8, 4) is 5.75 Å². The second kappa shape index (κ2) is 14.6. The first kappa shape index (κ1) is 32.3. The molecule has 2 heterocycles. The van der Waals surface area contributed by atoms with Gasteiger partial charge in [-0.1, -0.05) is 30.0 Å². The summed E-state index contributed by atoms with van der Waals surface area (Å²) < 4.78 is 33.9. The van der Waals surface area contributed by atoms with Crippen molar-refractivity contribution in [2.24, 2.45) is 0 Å². The third-order valence-electron chi connectivity index (χ3n) is 5.84. The van der Waals surface area contributed by atoms with E-state index in [1.165, 1.54) is 6.08 Å². The molecule has 0 spiro atoms. The number of esters is 4. The second-order valence-corrected chi connectivity index (χ2v) is 9.72. The van der Waals surface area contributed by atoms with Gasteiger partial charge in [-0.2, -0.15) is 0 Å². The Kier molecular flexibility index (Phi) is 11.2. The third-order valence-corrected chi connectivity index (χ3v) is 6.48. The van der Waals surface area contributed by atoms with Gasteiger partial charge in [0, 0.05) is 27.7 Å². The van der Waals surface area contributed by atoms with Crippen molar-refractivity contribution in [1.82, 2.24) is 14.8 Å². The first-order valence-electron chi connectivity index (χ1n) is 12.6. The van der Waals surface area contributed by atoms with Crippen molar-refractivity contribution >= 4 is 47.8 Å². The zero-order valence-corrected chi connectivity index (χ0v) is 24.6. The van der Waals surface area contributed by atoms with Crippen LogP contribution in [0.4, 0.5) is 0 Å². The maximum atomic E-state index is 13.8. The topological polar surface area (TPSA) is 171 Å². The van der Waals surface area contributed by atoms with Crippen LogP contribution in [0.2, 0.25) is 0 Å². The van der Waals surface area contributed by atoms with E-state index in [9.17, 15) is 24.0 Å². The fourth-order valence-corrected chi connectivity index (χ4v) is 4.68. The summed E-state index contributed by atoms with van der Waals surface area (Å²) in [7, 11) is 1.55. The van der Waals surface area contributed by atoms with E-state index in [0.717, 1.165) is 49.6 Å². The lowest BCUT2D eigenvalue weighted by atomic mass is 9.97. The van der Waals surface area contributed by atoms with Gasteiger partial charge >= 0.3 is 23.9 Å². The van der Waals surface area contributed by atoms with Gasteiger partial charge in [-0.05, 0) is 30.0 Å². The summed E-state index contributed by atoms with van der Waals surface area (Å²) in [5, 5.41) is 8.25. The number of aromatic nitrogens is 3. The molecule has 226 valence electrons. The Bertz CT molecular complexity index is 1390. The normalized spacial score (nSPS) is 21.8. The number of carbonyl (C=O) groups is 4. The minimum atomic E-state index is -1.49. The van der Waals surface area contributed by atoms with E-state index in [0.29, 0.717) is 5.75 Å². The van der Waals surface area contributed by atoms with E-state index in [2.05, 4.69) is 10.2 Å². The summed E-state index contributed by atoms with van der Waals surface area (Å²) in [5.74, 6) is -2.38. The number of ether oxygens (including phenoxy) is 6. The molecule has 0 radical (unpaired) electrons. The van der Waals surface area contributed by atoms with Crippen LogP contribution in [0.1, 0.15) is 45.2 Å². The van der Waals surface area contributed by atoms with Crippen molar-refractivity contribution in [2.45, 2.75) is 63.5 Å². The molecule has 0 saturated carbocycles. The number of carbonyl (C=O) groups excluding carboxylic acids is 4. The van der Waals surface area contributed by atoms with Crippen LogP contribution < -0.4 is 10.3 Å². The first-order valence-corrected chi connectivity index (χ1v) is 13.8. The highest BCUT2D eigenvalue weighted by Crippen LogP contribution is 2.35. The molecule has 14 nitrogen and oxygen atoms in total. The van der Waals surface area contributed by atoms with Gasteiger partial charge in [0.05, 0.1) is 7.11 Å². The summed E-state index contributed by atoms with van der Waals surface area (Å²) in [5.41, 5.74) is -0.0266. The number of thioether (sulfide) groups is 1. The van der Waals surface area contributed by atoms with Gasteiger partial charge in [0.2, 0.25) is 0 Å². The molecule has 1 fully saturated rings. The van der Waals surface area contributed by atoms with E-state index in [1.807, 2.05) is 0 Å². The monoisotopic (exact) mass is 605 g/mol. The molecule has 15 heteroatoms. The molecule has 0 amide bonds. The Morgan fingerprint density at radius 1 is 0.881 bits per heavy atom. The van der Waals surface area contributed by atoms with Crippen LogP contribution in [0.5, 0.6) is 5.75 Å². The molecular weight excluding hydrogens is 574 g/mol. The lowest BCUT2D eigenvalue weighted by Crippen LogP contribution is -2.61. The molecule has 1 aliphatic heterocycles. The lowest BCUT2D eigenvalue weighted by Gasteiger charge is -2.44. The van der Waals surface area contributed by atoms with Crippen molar-refractivity contribution in [3.63, 3.8) is 0 Å². The highest BCUT2D eigenvalue weighted by molar-refractivity contribution is 7.98. The molecule has 5 atom stereocenters. The smallest absolute Gasteiger partial charge is 0.303 e. The number of hydrogen-bond donors (Lipinski definition) is 0. The summed E-state index contributed by atoms with van der Waals surface area (Å²) >= 11 is 1.05. The highest BCUT2D eigenvalue weighted by Gasteiger charge is 2.53. The van der Waals surface area contributed by atoms with Crippen molar-refractivity contribution in [2.75, 3.05) is 20.0 Å². The van der Waals surface area contributed by atoms with Crippen LogP contribution in [0.3, 0.4) is 0 Å². The predicted octanol–water partition coefficient (Wildman–Crippen LogP) is 1.79. The lowest BCUT2D eigenvalue weighted by molar-refractivity contribution is -0.270. The maximum Gasteiger partial charge on any atom is 0.303 e. The molecule has 1 saturated heterocycles. The fraction of sp³-hybridized carbons (Fsp3) is 0.444. The van der Waals surface area contributed by atoms with Crippen LogP contribution in [-0.2, 0) is 42.9 Å². The number of rotatable bonds is 10. The van der Waals surface area contributed by atoms with Gasteiger partial charge in [-0.15, -0.1) is 10.2 Å². The maximum absolute atomic E-state index is 13.8. The minimum absolute atomic E-state index is 0.0718. The van der Waals surface area contributed by atoms with Gasteiger partial charge in [-0.25, -0.2) is 0 Å². The minimum Gasteiger partial charge on any atom is -0.497 e. The van der Waals surface area contributed by atoms with Crippen LogP contribution in [0.15, 0.2) is 34.2 Å². The summed E-state index contributed by atoms with van der Waals surface area (Å²) in [4.78, 5) is 61.8. The van der Waals surface area contributed by atoms with E-state index >= 15 is 0 Å². The number of hydrogen-bond acceptors (Lipinski definition) is 14. The van der Waals surface area contributed by atoms with E-state index in [1.54, 1.807) is 43.7 Å². The number of benzene rings is 1. The van der Waals surface area contributed by atoms with Crippen LogP contribution in [0.25, 0.3) is 12.2 Å². The van der Waals surface area contributed by atoms with Gasteiger partial charge in [0.15, 0.2) is 35.4 Å². The third kappa shape index (κ3) is 8.16. The number of methoxy groups -OCH3 is 1. The molecule has 42 heavy (non-hydrogen) atoms. The predicted molar refractivity (Wildman–Crippen MR) is 147 cm³/mol. The van der Waals surface area contributed by atoms with Crippen LogP contribution in [0, 0.1) is 0 Å². The van der Waals surface area contributed by atoms with Gasteiger partial charge < -0.3 is 28.4 Å². The molecule has 0 unspecified atom stereocenters. The Balaban J connectivity index is 2.17. The molecule has 2 aromatic rings. The zero-order valence-electron chi connectivity index (χ0n) is 23.8. The average Bonchev–Trinajstić information content (AvgIpc) is 2.93. The Labute approximate surface area is 245 Å². The van der Waals surface area contributed by atoms with E-state index in [-0.39, 0.29) is 10.9 Å². The van der Waals surface area contributed by atoms with E-state index in [4.69, 9.17) is 28.4 Å². The highest BCUT2D eigenvalue weighted by atomic mass is 32.2. The summed E-state index contributed by atoms with van der Waals surface area (Å²) in [6.07, 6.45) is -2.30. The van der Waals surface area contributed by atoms with Gasteiger partial charge in [-0.3, -0.25) is 28.5 Å². The molecule has 3 rings (SSSR count). The Morgan fingerprint density at radius 3 is 2.02 bits per heavy atom. The Morgan fingerprint density at radius 2 is 1.48 bits per heavy atom. The number of nitrogens with zero attached hydrogens (tertiary/aromatic N) is 3. The molecule has 0 aliphatic carbocycles. The molecule has 0 N–H and O–H groups in total. The Hall–Kier alpha value is -4.24. The van der Waals surface area contributed by atoms with Crippen molar-refractivity contribution < 1.29 is 47.6 Å². The SMILES string of the molecule is COc1ccc(/C=C/c2nnc(SC)n([C@@H]3O[C@H](COC(C)=O)[C@@H](OC(C)=O)[C@H](OC(C)=O)[C@H]3OC(C)=O)c2=O)cc1. The summed E-state index contributed by atoms with van der Waals surface area (Å²) in [6, 6.07) is 7.05. The first-order chi connectivity index (χ1) is 19.9. The fourth-order valence-electron chi connectivity index (χ4n) is 4.17. The van der Waals surface area contributed by atoms with Gasteiger partial charge in [0.1, 0.15) is 18.5 Å². The molecule has 1 aromatic heterocycles.